The fraction of sp³-hybridized carbons (Fsp3) is 0.333. The number of carbonyl (C=O) groups excluding carboxylic acids is 2. The normalized spacial score (nSPS) is 12.3. The molecule has 0 spiro atoms. The minimum atomic E-state index is -0.594. The van der Waals surface area contributed by atoms with Crippen LogP contribution in [0.4, 0.5) is 10.5 Å². The Balaban J connectivity index is 1.99. The van der Waals surface area contributed by atoms with Crippen molar-refractivity contribution in [2.75, 3.05) is 12.4 Å². The molecule has 0 aliphatic heterocycles. The van der Waals surface area contributed by atoms with Gasteiger partial charge in [-0.15, -0.1) is 0 Å². The van der Waals surface area contributed by atoms with Gasteiger partial charge < -0.3 is 20.1 Å². The Kier molecular flexibility index (Phi) is 8.47. The number of anilines is 1. The van der Waals surface area contributed by atoms with Gasteiger partial charge in [0.05, 0.1) is 13.2 Å². The lowest BCUT2D eigenvalue weighted by atomic mass is 10.0. The summed E-state index contributed by atoms with van der Waals surface area (Å²) in [7, 11) is 1.59. The number of ether oxygens (including phenoxy) is 2. The van der Waals surface area contributed by atoms with Gasteiger partial charge in [0.15, 0.2) is 0 Å². The van der Waals surface area contributed by atoms with Crippen LogP contribution in [0.3, 0.4) is 0 Å². The summed E-state index contributed by atoms with van der Waals surface area (Å²) in [6.45, 7) is 5.43. The Labute approximate surface area is 178 Å². The first-order valence-electron chi connectivity index (χ1n) is 9.92. The average molecular weight is 411 g/mol. The molecule has 0 aliphatic carbocycles. The van der Waals surface area contributed by atoms with E-state index in [1.54, 1.807) is 37.5 Å². The van der Waals surface area contributed by atoms with Crippen molar-refractivity contribution in [3.63, 3.8) is 0 Å². The SMILES string of the molecule is COc1ccc(NC(=O)/C=C/[C@H](CCc2ccccc2)NC(=O)OC(C)(C)C)cc1. The van der Waals surface area contributed by atoms with Gasteiger partial charge in [0.1, 0.15) is 11.4 Å². The van der Waals surface area contributed by atoms with Crippen LogP contribution in [0.2, 0.25) is 0 Å². The van der Waals surface area contributed by atoms with Crippen molar-refractivity contribution < 1.29 is 19.1 Å². The number of carbonyl (C=O) groups is 2. The zero-order valence-corrected chi connectivity index (χ0v) is 18.0. The molecule has 2 aromatic carbocycles. The Morgan fingerprint density at radius 2 is 1.70 bits per heavy atom. The second-order valence-corrected chi connectivity index (χ2v) is 7.85. The number of rotatable bonds is 8. The molecule has 0 radical (unpaired) electrons. The highest BCUT2D eigenvalue weighted by Gasteiger charge is 2.18. The fourth-order valence-electron chi connectivity index (χ4n) is 2.70. The van der Waals surface area contributed by atoms with E-state index in [-0.39, 0.29) is 11.9 Å². The quantitative estimate of drug-likeness (QED) is 0.618. The van der Waals surface area contributed by atoms with Gasteiger partial charge in [-0.3, -0.25) is 4.79 Å². The van der Waals surface area contributed by atoms with Gasteiger partial charge >= 0.3 is 6.09 Å². The van der Waals surface area contributed by atoms with E-state index in [4.69, 9.17) is 9.47 Å². The van der Waals surface area contributed by atoms with Gasteiger partial charge in [0.2, 0.25) is 5.91 Å². The number of nitrogens with one attached hydrogen (secondary N) is 2. The zero-order valence-electron chi connectivity index (χ0n) is 18.0. The van der Waals surface area contributed by atoms with Crippen LogP contribution >= 0.6 is 0 Å². The summed E-state index contributed by atoms with van der Waals surface area (Å²) in [5, 5.41) is 5.62. The maximum absolute atomic E-state index is 12.3. The van der Waals surface area contributed by atoms with E-state index in [1.807, 2.05) is 51.1 Å². The van der Waals surface area contributed by atoms with E-state index in [2.05, 4.69) is 10.6 Å². The second-order valence-electron chi connectivity index (χ2n) is 7.85. The largest absolute Gasteiger partial charge is 0.497 e. The molecule has 0 saturated carbocycles. The Morgan fingerprint density at radius 3 is 2.30 bits per heavy atom. The van der Waals surface area contributed by atoms with Gasteiger partial charge in [-0.25, -0.2) is 4.79 Å². The third-order valence-electron chi connectivity index (χ3n) is 4.13. The molecule has 30 heavy (non-hydrogen) atoms. The first kappa shape index (κ1) is 23.0. The summed E-state index contributed by atoms with van der Waals surface area (Å²) in [5.41, 5.74) is 1.22. The topological polar surface area (TPSA) is 76.7 Å². The van der Waals surface area contributed by atoms with Crippen molar-refractivity contribution in [2.45, 2.75) is 45.3 Å². The Bertz CT molecular complexity index is 840. The molecular formula is C24H30N2O4. The van der Waals surface area contributed by atoms with Gasteiger partial charge in [-0.2, -0.15) is 0 Å². The summed E-state index contributed by atoms with van der Waals surface area (Å²) in [6.07, 6.45) is 3.99. The predicted octanol–water partition coefficient (Wildman–Crippen LogP) is 4.72. The summed E-state index contributed by atoms with van der Waals surface area (Å²) >= 11 is 0. The molecule has 0 unspecified atom stereocenters. The number of methoxy groups -OCH3 is 1. The predicted molar refractivity (Wildman–Crippen MR) is 119 cm³/mol. The van der Waals surface area contributed by atoms with Gasteiger partial charge in [0.25, 0.3) is 0 Å². The lowest BCUT2D eigenvalue weighted by Gasteiger charge is -2.22. The summed E-state index contributed by atoms with van der Waals surface area (Å²) in [5.74, 6) is 0.432. The van der Waals surface area contributed by atoms with E-state index < -0.39 is 11.7 Å². The van der Waals surface area contributed by atoms with E-state index in [9.17, 15) is 9.59 Å². The summed E-state index contributed by atoms with van der Waals surface area (Å²) in [4.78, 5) is 24.5. The summed E-state index contributed by atoms with van der Waals surface area (Å²) in [6, 6.07) is 16.7. The fourth-order valence-corrected chi connectivity index (χ4v) is 2.70. The van der Waals surface area contributed by atoms with Gasteiger partial charge in [0, 0.05) is 11.8 Å². The van der Waals surface area contributed by atoms with Crippen LogP contribution < -0.4 is 15.4 Å². The maximum Gasteiger partial charge on any atom is 0.408 e. The van der Waals surface area contributed by atoms with Crippen molar-refractivity contribution in [2.24, 2.45) is 0 Å². The lowest BCUT2D eigenvalue weighted by molar-refractivity contribution is -0.111. The number of amides is 2. The van der Waals surface area contributed by atoms with E-state index in [0.717, 1.165) is 12.0 Å². The standard InChI is InChI=1S/C24H30N2O4/c1-24(2,3)30-23(28)26-20(11-10-18-8-6-5-7-9-18)14-17-22(27)25-19-12-15-21(29-4)16-13-19/h5-9,12-17,20H,10-11H2,1-4H3,(H,25,27)(H,26,28)/b17-14+/t20-/m0/s1. The van der Waals surface area contributed by atoms with Crippen LogP contribution in [0.5, 0.6) is 5.75 Å². The molecule has 2 N–H and O–H groups in total. The smallest absolute Gasteiger partial charge is 0.408 e. The molecule has 0 saturated heterocycles. The molecule has 0 bridgehead atoms. The third kappa shape index (κ3) is 8.82. The van der Waals surface area contributed by atoms with Gasteiger partial charge in [-0.05, 0) is 63.4 Å². The molecule has 0 heterocycles. The molecular weight excluding hydrogens is 380 g/mol. The minimum absolute atomic E-state index is 0.282. The van der Waals surface area contributed by atoms with Crippen LogP contribution in [0, 0.1) is 0 Å². The highest BCUT2D eigenvalue weighted by Crippen LogP contribution is 2.15. The molecule has 6 heteroatoms. The Morgan fingerprint density at radius 1 is 1.03 bits per heavy atom. The summed E-state index contributed by atoms with van der Waals surface area (Å²) < 4.78 is 10.5. The Hall–Kier alpha value is -3.28. The lowest BCUT2D eigenvalue weighted by Crippen LogP contribution is -2.38. The molecule has 0 fully saturated rings. The third-order valence-corrected chi connectivity index (χ3v) is 4.13. The van der Waals surface area contributed by atoms with Crippen molar-refractivity contribution in [3.8, 4) is 5.75 Å². The average Bonchev–Trinajstić information content (AvgIpc) is 2.70. The zero-order chi connectivity index (χ0) is 22.0. The number of aryl methyl sites for hydroxylation is 1. The van der Waals surface area contributed by atoms with Crippen LogP contribution in [-0.2, 0) is 16.0 Å². The highest BCUT2D eigenvalue weighted by atomic mass is 16.6. The maximum atomic E-state index is 12.3. The number of alkyl carbamates (subject to hydrolysis) is 1. The molecule has 2 amide bonds. The van der Waals surface area contributed by atoms with E-state index in [1.165, 1.54) is 6.08 Å². The monoisotopic (exact) mass is 410 g/mol. The van der Waals surface area contributed by atoms with Crippen molar-refractivity contribution in [1.82, 2.24) is 5.32 Å². The van der Waals surface area contributed by atoms with Crippen LogP contribution in [0.15, 0.2) is 66.7 Å². The number of benzene rings is 2. The molecule has 160 valence electrons. The van der Waals surface area contributed by atoms with E-state index in [0.29, 0.717) is 17.9 Å². The molecule has 6 nitrogen and oxygen atoms in total. The number of hydrogen-bond acceptors (Lipinski definition) is 4. The molecule has 1 atom stereocenters. The van der Waals surface area contributed by atoms with Gasteiger partial charge in [-0.1, -0.05) is 36.4 Å². The first-order chi connectivity index (χ1) is 14.2. The first-order valence-corrected chi connectivity index (χ1v) is 9.92. The van der Waals surface area contributed by atoms with Crippen LogP contribution in [0.1, 0.15) is 32.8 Å². The number of hydrogen-bond donors (Lipinski definition) is 2. The van der Waals surface area contributed by atoms with Crippen LogP contribution in [-0.4, -0.2) is 30.8 Å². The highest BCUT2D eigenvalue weighted by molar-refractivity contribution is 5.99. The molecule has 2 rings (SSSR count). The molecule has 0 aromatic heterocycles. The van der Waals surface area contributed by atoms with Crippen molar-refractivity contribution >= 4 is 17.7 Å². The van der Waals surface area contributed by atoms with Crippen molar-refractivity contribution in [3.05, 3.63) is 72.3 Å². The van der Waals surface area contributed by atoms with Crippen LogP contribution in [0.25, 0.3) is 0 Å². The minimum Gasteiger partial charge on any atom is -0.497 e. The van der Waals surface area contributed by atoms with E-state index >= 15 is 0 Å². The molecule has 0 aliphatic rings. The molecule has 2 aromatic rings. The second kappa shape index (κ2) is 11.0. The van der Waals surface area contributed by atoms with Crippen molar-refractivity contribution in [1.29, 1.82) is 0 Å².